The highest BCUT2D eigenvalue weighted by Crippen LogP contribution is 2.22. The van der Waals surface area contributed by atoms with E-state index in [4.69, 9.17) is 4.74 Å². The highest BCUT2D eigenvalue weighted by atomic mass is 32.2. The summed E-state index contributed by atoms with van der Waals surface area (Å²) in [6, 6.07) is 6.08. The van der Waals surface area contributed by atoms with Crippen LogP contribution in [0.1, 0.15) is 18.4 Å². The molecule has 5 nitrogen and oxygen atoms in total. The minimum absolute atomic E-state index is 0.432. The molecule has 2 rings (SSSR count). The smallest absolute Gasteiger partial charge is 0.229 e. The Morgan fingerprint density at radius 1 is 1.26 bits per heavy atom. The van der Waals surface area contributed by atoms with Crippen molar-refractivity contribution in [3.05, 3.63) is 23.8 Å². The average Bonchev–Trinajstić information content (AvgIpc) is 2.33. The molecule has 1 aliphatic rings. The maximum absolute atomic E-state index is 11.2. The van der Waals surface area contributed by atoms with Gasteiger partial charge in [0, 0.05) is 24.9 Å². The molecule has 0 aliphatic carbocycles. The van der Waals surface area contributed by atoms with Gasteiger partial charge in [-0.05, 0) is 43.5 Å². The summed E-state index contributed by atoms with van der Waals surface area (Å²) in [6.45, 7) is 3.48. The zero-order valence-corrected chi connectivity index (χ0v) is 12.1. The molecule has 1 aliphatic heterocycles. The van der Waals surface area contributed by atoms with Crippen LogP contribution >= 0.6 is 0 Å². The van der Waals surface area contributed by atoms with Crippen LogP contribution < -0.4 is 10.0 Å². The fraction of sp³-hybridized carbons (Fsp3) is 0.538. The number of nitrogens with one attached hydrogen (secondary N) is 2. The summed E-state index contributed by atoms with van der Waals surface area (Å²) in [7, 11) is -3.23. The summed E-state index contributed by atoms with van der Waals surface area (Å²) in [5.41, 5.74) is 2.55. The lowest BCUT2D eigenvalue weighted by atomic mass is 10.1. The van der Waals surface area contributed by atoms with Crippen LogP contribution in [-0.2, 0) is 14.8 Å². The largest absolute Gasteiger partial charge is 0.382 e. The molecule has 0 aromatic heterocycles. The van der Waals surface area contributed by atoms with Crippen molar-refractivity contribution >= 4 is 21.4 Å². The zero-order chi connectivity index (χ0) is 13.9. The average molecular weight is 284 g/mol. The maximum atomic E-state index is 11.2. The Bertz CT molecular complexity index is 537. The van der Waals surface area contributed by atoms with Gasteiger partial charge in [0.15, 0.2) is 0 Å². The molecule has 0 radical (unpaired) electrons. The van der Waals surface area contributed by atoms with Crippen LogP contribution in [0.3, 0.4) is 0 Å². The van der Waals surface area contributed by atoms with E-state index in [0.29, 0.717) is 11.7 Å². The predicted molar refractivity (Wildman–Crippen MR) is 77.1 cm³/mol. The van der Waals surface area contributed by atoms with Crippen LogP contribution in [0.2, 0.25) is 0 Å². The van der Waals surface area contributed by atoms with E-state index in [1.807, 2.05) is 19.1 Å². The Morgan fingerprint density at radius 2 is 1.95 bits per heavy atom. The number of hydrogen-bond donors (Lipinski definition) is 2. The van der Waals surface area contributed by atoms with E-state index in [2.05, 4.69) is 10.0 Å². The summed E-state index contributed by atoms with van der Waals surface area (Å²) in [5.74, 6) is 0. The molecular weight excluding hydrogens is 264 g/mol. The van der Waals surface area contributed by atoms with Gasteiger partial charge in [-0.1, -0.05) is 0 Å². The molecule has 1 aromatic rings. The van der Waals surface area contributed by atoms with Crippen molar-refractivity contribution in [3.8, 4) is 0 Å². The minimum atomic E-state index is -3.23. The summed E-state index contributed by atoms with van der Waals surface area (Å²) in [6.07, 6.45) is 3.16. The Kier molecular flexibility index (Phi) is 4.31. The van der Waals surface area contributed by atoms with Gasteiger partial charge in [0.2, 0.25) is 10.0 Å². The molecule has 0 unspecified atom stereocenters. The van der Waals surface area contributed by atoms with E-state index in [9.17, 15) is 8.42 Å². The van der Waals surface area contributed by atoms with Crippen molar-refractivity contribution in [2.45, 2.75) is 25.8 Å². The SMILES string of the molecule is Cc1cc(NC2CCOCC2)ccc1NS(C)(=O)=O. The zero-order valence-electron chi connectivity index (χ0n) is 11.3. The van der Waals surface area contributed by atoms with E-state index in [-0.39, 0.29) is 0 Å². The van der Waals surface area contributed by atoms with E-state index < -0.39 is 10.0 Å². The molecule has 19 heavy (non-hydrogen) atoms. The predicted octanol–water partition coefficient (Wildman–Crippen LogP) is 1.96. The molecule has 0 spiro atoms. The molecule has 0 amide bonds. The van der Waals surface area contributed by atoms with Crippen LogP contribution in [-0.4, -0.2) is 33.9 Å². The normalized spacial score (nSPS) is 17.2. The van der Waals surface area contributed by atoms with Crippen LogP contribution in [0.15, 0.2) is 18.2 Å². The maximum Gasteiger partial charge on any atom is 0.229 e. The van der Waals surface area contributed by atoms with E-state index >= 15 is 0 Å². The first-order chi connectivity index (χ1) is 8.94. The Balaban J connectivity index is 2.05. The second-order valence-electron chi connectivity index (χ2n) is 4.93. The van der Waals surface area contributed by atoms with Crippen LogP contribution in [0.4, 0.5) is 11.4 Å². The second-order valence-corrected chi connectivity index (χ2v) is 6.68. The highest BCUT2D eigenvalue weighted by Gasteiger charge is 2.13. The van der Waals surface area contributed by atoms with Crippen molar-refractivity contribution in [2.24, 2.45) is 0 Å². The Hall–Kier alpha value is -1.27. The number of aryl methyl sites for hydroxylation is 1. The van der Waals surface area contributed by atoms with E-state index in [1.165, 1.54) is 0 Å². The van der Waals surface area contributed by atoms with E-state index in [1.54, 1.807) is 6.07 Å². The van der Waals surface area contributed by atoms with Crippen molar-refractivity contribution in [2.75, 3.05) is 29.5 Å². The number of hydrogen-bond acceptors (Lipinski definition) is 4. The molecule has 1 saturated heterocycles. The first-order valence-corrected chi connectivity index (χ1v) is 8.26. The van der Waals surface area contributed by atoms with Crippen molar-refractivity contribution in [1.29, 1.82) is 0 Å². The summed E-state index contributed by atoms with van der Waals surface area (Å²) < 4.78 is 30.3. The summed E-state index contributed by atoms with van der Waals surface area (Å²) in [5, 5.41) is 3.45. The number of anilines is 2. The Labute approximate surface area is 114 Å². The van der Waals surface area contributed by atoms with Crippen LogP contribution in [0.25, 0.3) is 0 Å². The third-order valence-corrected chi connectivity index (χ3v) is 3.70. The fourth-order valence-electron chi connectivity index (χ4n) is 2.15. The van der Waals surface area contributed by atoms with Crippen molar-refractivity contribution in [3.63, 3.8) is 0 Å². The molecule has 2 N–H and O–H groups in total. The Morgan fingerprint density at radius 3 is 2.53 bits per heavy atom. The lowest BCUT2D eigenvalue weighted by molar-refractivity contribution is 0.0904. The molecule has 1 aromatic carbocycles. The van der Waals surface area contributed by atoms with Gasteiger partial charge < -0.3 is 10.1 Å². The number of ether oxygens (including phenoxy) is 1. The van der Waals surface area contributed by atoms with Gasteiger partial charge in [-0.2, -0.15) is 0 Å². The van der Waals surface area contributed by atoms with Crippen molar-refractivity contribution < 1.29 is 13.2 Å². The standard InChI is InChI=1S/C13H20N2O3S/c1-10-9-12(14-11-5-7-18-8-6-11)3-4-13(10)15-19(2,16)17/h3-4,9,11,14-15H,5-8H2,1-2H3. The summed E-state index contributed by atoms with van der Waals surface area (Å²) >= 11 is 0. The lowest BCUT2D eigenvalue weighted by Crippen LogP contribution is -2.27. The quantitative estimate of drug-likeness (QED) is 0.887. The second kappa shape index (κ2) is 5.79. The summed E-state index contributed by atoms with van der Waals surface area (Å²) in [4.78, 5) is 0. The van der Waals surface area contributed by atoms with Gasteiger partial charge in [-0.15, -0.1) is 0 Å². The number of benzene rings is 1. The van der Waals surface area contributed by atoms with E-state index in [0.717, 1.165) is 43.6 Å². The van der Waals surface area contributed by atoms with Gasteiger partial charge in [0.05, 0.1) is 11.9 Å². The van der Waals surface area contributed by atoms with Gasteiger partial charge in [0.25, 0.3) is 0 Å². The fourth-order valence-corrected chi connectivity index (χ4v) is 2.77. The molecule has 0 bridgehead atoms. The van der Waals surface area contributed by atoms with Crippen molar-refractivity contribution in [1.82, 2.24) is 0 Å². The monoisotopic (exact) mass is 284 g/mol. The third kappa shape index (κ3) is 4.40. The molecule has 0 atom stereocenters. The molecule has 6 heteroatoms. The van der Waals surface area contributed by atoms with Gasteiger partial charge >= 0.3 is 0 Å². The number of sulfonamides is 1. The molecule has 106 valence electrons. The molecule has 0 saturated carbocycles. The first-order valence-electron chi connectivity index (χ1n) is 6.37. The minimum Gasteiger partial charge on any atom is -0.382 e. The van der Waals surface area contributed by atoms with Gasteiger partial charge in [-0.25, -0.2) is 8.42 Å². The third-order valence-electron chi connectivity index (χ3n) is 3.11. The molecule has 1 heterocycles. The lowest BCUT2D eigenvalue weighted by Gasteiger charge is -2.24. The van der Waals surface area contributed by atoms with Crippen LogP contribution in [0.5, 0.6) is 0 Å². The number of rotatable bonds is 4. The first kappa shape index (κ1) is 14.1. The van der Waals surface area contributed by atoms with Gasteiger partial charge in [-0.3, -0.25) is 4.72 Å². The van der Waals surface area contributed by atoms with Gasteiger partial charge in [0.1, 0.15) is 0 Å². The topological polar surface area (TPSA) is 67.4 Å². The highest BCUT2D eigenvalue weighted by molar-refractivity contribution is 7.92. The molecule has 1 fully saturated rings. The molecular formula is C13H20N2O3S. The van der Waals surface area contributed by atoms with Crippen LogP contribution in [0, 0.1) is 6.92 Å².